The maximum absolute atomic E-state index is 12.7. The molecule has 0 aromatic heterocycles. The molecule has 0 radical (unpaired) electrons. The van der Waals surface area contributed by atoms with Gasteiger partial charge in [-0.25, -0.2) is 0 Å². The highest BCUT2D eigenvalue weighted by molar-refractivity contribution is 5.71. The van der Waals surface area contributed by atoms with Crippen LogP contribution in [0.2, 0.25) is 0 Å². The molecule has 0 fully saturated rings. The minimum Gasteiger partial charge on any atom is -0.462 e. The van der Waals surface area contributed by atoms with Crippen LogP contribution in [-0.2, 0) is 28.6 Å². The van der Waals surface area contributed by atoms with E-state index in [-0.39, 0.29) is 31.1 Å². The van der Waals surface area contributed by atoms with E-state index in [2.05, 4.69) is 45.1 Å². The van der Waals surface area contributed by atoms with Crippen LogP contribution >= 0.6 is 0 Å². The number of rotatable bonds is 43. The number of hydrogen-bond donors (Lipinski definition) is 0. The molecule has 0 aliphatic carbocycles. The van der Waals surface area contributed by atoms with Gasteiger partial charge in [0.25, 0.3) is 0 Å². The predicted molar refractivity (Wildman–Crippen MR) is 233 cm³/mol. The zero-order valence-electron chi connectivity index (χ0n) is 36.7. The lowest BCUT2D eigenvalue weighted by Gasteiger charge is -2.18. The van der Waals surface area contributed by atoms with Crippen LogP contribution in [0.3, 0.4) is 0 Å². The quantitative estimate of drug-likeness (QED) is 0.0266. The van der Waals surface area contributed by atoms with Crippen molar-refractivity contribution < 1.29 is 28.6 Å². The van der Waals surface area contributed by atoms with Crippen LogP contribution in [0.15, 0.2) is 24.3 Å². The molecule has 0 amide bonds. The molecule has 55 heavy (non-hydrogen) atoms. The van der Waals surface area contributed by atoms with Crippen LogP contribution in [0.25, 0.3) is 0 Å². The van der Waals surface area contributed by atoms with Crippen LogP contribution in [0.5, 0.6) is 0 Å². The molecular weight excluding hydrogens is 685 g/mol. The summed E-state index contributed by atoms with van der Waals surface area (Å²) in [6, 6.07) is 0. The number of carbonyl (C=O) groups is 3. The van der Waals surface area contributed by atoms with Gasteiger partial charge in [0.05, 0.1) is 0 Å². The standard InChI is InChI=1S/C49H90O6/c1-4-7-10-13-16-19-22-23-24-25-28-31-34-37-40-43-49(52)55-46(44-53-47(50)41-38-35-32-29-26-20-17-14-11-8-5-2)45-54-48(51)42-39-36-33-30-27-21-18-15-12-9-6-3/h16,19,23-24,46H,4-15,17-18,20-22,25-45H2,1-3H3/b19-16-,24-23-. The highest BCUT2D eigenvalue weighted by Gasteiger charge is 2.19. The Morgan fingerprint density at radius 1 is 0.364 bits per heavy atom. The van der Waals surface area contributed by atoms with E-state index in [1.165, 1.54) is 135 Å². The summed E-state index contributed by atoms with van der Waals surface area (Å²) in [6.45, 7) is 6.59. The Kier molecular flexibility index (Phi) is 42.9. The van der Waals surface area contributed by atoms with E-state index >= 15 is 0 Å². The molecule has 6 nitrogen and oxygen atoms in total. The van der Waals surface area contributed by atoms with Gasteiger partial charge in [-0.1, -0.05) is 206 Å². The lowest BCUT2D eigenvalue weighted by Crippen LogP contribution is -2.30. The van der Waals surface area contributed by atoms with Gasteiger partial charge in [0, 0.05) is 19.3 Å². The van der Waals surface area contributed by atoms with Crippen molar-refractivity contribution in [2.24, 2.45) is 0 Å². The van der Waals surface area contributed by atoms with Gasteiger partial charge in [-0.2, -0.15) is 0 Å². The second kappa shape index (κ2) is 44.6. The molecule has 0 rings (SSSR count). The smallest absolute Gasteiger partial charge is 0.306 e. The molecule has 0 unspecified atom stereocenters. The normalized spacial score (nSPS) is 11.6. The molecule has 0 aliphatic heterocycles. The number of esters is 3. The maximum atomic E-state index is 12.7. The zero-order chi connectivity index (χ0) is 40.1. The first kappa shape index (κ1) is 52.9. The van der Waals surface area contributed by atoms with E-state index < -0.39 is 6.10 Å². The topological polar surface area (TPSA) is 78.9 Å². The summed E-state index contributed by atoms with van der Waals surface area (Å²) in [7, 11) is 0. The van der Waals surface area contributed by atoms with Crippen LogP contribution < -0.4 is 0 Å². The molecule has 0 spiro atoms. The summed E-state index contributed by atoms with van der Waals surface area (Å²) in [5.74, 6) is -0.880. The second-order valence-corrected chi connectivity index (χ2v) is 16.0. The minimum atomic E-state index is -0.770. The van der Waals surface area contributed by atoms with Gasteiger partial charge < -0.3 is 14.2 Å². The molecule has 322 valence electrons. The van der Waals surface area contributed by atoms with E-state index in [0.717, 1.165) is 77.0 Å². The third kappa shape index (κ3) is 42.9. The Morgan fingerprint density at radius 2 is 0.655 bits per heavy atom. The van der Waals surface area contributed by atoms with Crippen molar-refractivity contribution in [3.63, 3.8) is 0 Å². The van der Waals surface area contributed by atoms with E-state index in [0.29, 0.717) is 19.3 Å². The number of unbranched alkanes of at least 4 members (excludes halogenated alkanes) is 28. The van der Waals surface area contributed by atoms with E-state index in [1.807, 2.05) is 0 Å². The molecule has 0 saturated heterocycles. The SMILES string of the molecule is CCCCC/C=C\C/C=C\CCCCCCCC(=O)OC(COC(=O)CCCCCCCCCCCCC)COC(=O)CCCCCCCCCCCCC. The summed E-state index contributed by atoms with van der Waals surface area (Å²) in [5, 5.41) is 0. The molecule has 0 N–H and O–H groups in total. The van der Waals surface area contributed by atoms with E-state index in [9.17, 15) is 14.4 Å². The Hall–Kier alpha value is -2.11. The third-order valence-electron chi connectivity index (χ3n) is 10.5. The number of hydrogen-bond acceptors (Lipinski definition) is 6. The summed E-state index contributed by atoms with van der Waals surface area (Å²) < 4.78 is 16.7. The highest BCUT2D eigenvalue weighted by atomic mass is 16.6. The average molecular weight is 775 g/mol. The first-order valence-electron chi connectivity index (χ1n) is 23.8. The molecule has 0 aromatic carbocycles. The van der Waals surface area contributed by atoms with Gasteiger partial charge in [-0.15, -0.1) is 0 Å². The Bertz CT molecular complexity index is 854. The van der Waals surface area contributed by atoms with Crippen molar-refractivity contribution in [2.75, 3.05) is 13.2 Å². The molecule has 0 bridgehead atoms. The molecule has 6 heteroatoms. The van der Waals surface area contributed by atoms with E-state index in [1.54, 1.807) is 0 Å². The molecule has 0 aromatic rings. The maximum Gasteiger partial charge on any atom is 0.306 e. The lowest BCUT2D eigenvalue weighted by molar-refractivity contribution is -0.167. The summed E-state index contributed by atoms with van der Waals surface area (Å²) >= 11 is 0. The van der Waals surface area contributed by atoms with Crippen molar-refractivity contribution in [3.8, 4) is 0 Å². The van der Waals surface area contributed by atoms with Crippen LogP contribution in [0, 0.1) is 0 Å². The van der Waals surface area contributed by atoms with Crippen LogP contribution in [0.1, 0.15) is 252 Å². The monoisotopic (exact) mass is 775 g/mol. The number of carbonyl (C=O) groups excluding carboxylic acids is 3. The number of allylic oxidation sites excluding steroid dienone is 4. The zero-order valence-corrected chi connectivity index (χ0v) is 36.7. The van der Waals surface area contributed by atoms with Crippen molar-refractivity contribution in [1.29, 1.82) is 0 Å². The fourth-order valence-corrected chi connectivity index (χ4v) is 6.82. The van der Waals surface area contributed by atoms with Gasteiger partial charge in [0.15, 0.2) is 6.10 Å². The van der Waals surface area contributed by atoms with E-state index in [4.69, 9.17) is 14.2 Å². The van der Waals surface area contributed by atoms with Gasteiger partial charge >= 0.3 is 17.9 Å². The summed E-state index contributed by atoms with van der Waals surface area (Å²) in [4.78, 5) is 37.7. The summed E-state index contributed by atoms with van der Waals surface area (Å²) in [6.07, 6.45) is 48.7. The Balaban J connectivity index is 4.37. The van der Waals surface area contributed by atoms with Crippen molar-refractivity contribution in [3.05, 3.63) is 24.3 Å². The molecular formula is C49H90O6. The average Bonchev–Trinajstić information content (AvgIpc) is 3.18. The lowest BCUT2D eigenvalue weighted by atomic mass is 10.1. The molecule has 0 aliphatic rings. The first-order chi connectivity index (χ1) is 27.0. The van der Waals surface area contributed by atoms with Crippen LogP contribution in [-0.4, -0.2) is 37.2 Å². The van der Waals surface area contributed by atoms with Gasteiger partial charge in [0.1, 0.15) is 13.2 Å². The number of ether oxygens (including phenoxy) is 3. The van der Waals surface area contributed by atoms with Crippen molar-refractivity contribution >= 4 is 17.9 Å². The van der Waals surface area contributed by atoms with Crippen LogP contribution in [0.4, 0.5) is 0 Å². The molecule has 0 atom stereocenters. The fourth-order valence-electron chi connectivity index (χ4n) is 6.82. The molecule has 0 saturated carbocycles. The van der Waals surface area contributed by atoms with Crippen molar-refractivity contribution in [1.82, 2.24) is 0 Å². The van der Waals surface area contributed by atoms with Crippen molar-refractivity contribution in [2.45, 2.75) is 258 Å². The molecule has 0 heterocycles. The van der Waals surface area contributed by atoms with Gasteiger partial charge in [-0.3, -0.25) is 14.4 Å². The fraction of sp³-hybridized carbons (Fsp3) is 0.857. The minimum absolute atomic E-state index is 0.0729. The van der Waals surface area contributed by atoms with Gasteiger partial charge in [-0.05, 0) is 51.4 Å². The summed E-state index contributed by atoms with van der Waals surface area (Å²) in [5.41, 5.74) is 0. The highest BCUT2D eigenvalue weighted by Crippen LogP contribution is 2.15. The Morgan fingerprint density at radius 3 is 1.04 bits per heavy atom. The first-order valence-corrected chi connectivity index (χ1v) is 23.8. The Labute approximate surface area is 341 Å². The second-order valence-electron chi connectivity index (χ2n) is 16.0. The van der Waals surface area contributed by atoms with Gasteiger partial charge in [0.2, 0.25) is 0 Å². The largest absolute Gasteiger partial charge is 0.462 e. The predicted octanol–water partition coefficient (Wildman–Crippen LogP) is 15.2. The third-order valence-corrected chi connectivity index (χ3v) is 10.5.